The first-order valence-corrected chi connectivity index (χ1v) is 7.55. The Kier molecular flexibility index (Phi) is 2.90. The quantitative estimate of drug-likeness (QED) is 0.737. The Morgan fingerprint density at radius 3 is 2.86 bits per heavy atom. The Balaban J connectivity index is 1.71. The SMILES string of the molecule is CC1=NNC(=O)C1=Cc1ccc(-c2nc3ccccc3s2)o1. The second-order valence-corrected chi connectivity index (χ2v) is 5.92. The van der Waals surface area contributed by atoms with Gasteiger partial charge in [0.15, 0.2) is 10.8 Å². The van der Waals surface area contributed by atoms with Gasteiger partial charge in [-0.05, 0) is 37.3 Å². The molecule has 0 aliphatic carbocycles. The first kappa shape index (κ1) is 13.0. The molecule has 0 saturated heterocycles. The predicted molar refractivity (Wildman–Crippen MR) is 86.6 cm³/mol. The van der Waals surface area contributed by atoms with E-state index in [2.05, 4.69) is 15.5 Å². The second kappa shape index (κ2) is 4.92. The van der Waals surface area contributed by atoms with Crippen molar-refractivity contribution in [3.05, 3.63) is 47.7 Å². The molecule has 4 rings (SSSR count). The van der Waals surface area contributed by atoms with Crippen molar-refractivity contribution in [3.63, 3.8) is 0 Å². The topological polar surface area (TPSA) is 67.5 Å². The third-order valence-electron chi connectivity index (χ3n) is 3.38. The largest absolute Gasteiger partial charge is 0.454 e. The van der Waals surface area contributed by atoms with E-state index in [9.17, 15) is 4.79 Å². The number of benzene rings is 1. The lowest BCUT2D eigenvalue weighted by atomic mass is 10.1. The normalized spacial score (nSPS) is 16.3. The molecular formula is C16H11N3O2S. The number of thiazole rings is 1. The number of nitrogens with one attached hydrogen (secondary N) is 1. The molecule has 1 amide bonds. The number of nitrogens with zero attached hydrogens (tertiary/aromatic N) is 2. The van der Waals surface area contributed by atoms with Crippen molar-refractivity contribution < 1.29 is 9.21 Å². The molecule has 1 aromatic carbocycles. The minimum absolute atomic E-state index is 0.213. The fourth-order valence-corrected chi connectivity index (χ4v) is 3.18. The van der Waals surface area contributed by atoms with Gasteiger partial charge in [-0.1, -0.05) is 12.1 Å². The predicted octanol–water partition coefficient (Wildman–Crippen LogP) is 3.45. The van der Waals surface area contributed by atoms with Crippen LogP contribution in [0.2, 0.25) is 0 Å². The number of hydrazone groups is 1. The van der Waals surface area contributed by atoms with E-state index in [0.29, 0.717) is 22.8 Å². The van der Waals surface area contributed by atoms with Gasteiger partial charge in [0.1, 0.15) is 5.76 Å². The van der Waals surface area contributed by atoms with E-state index in [0.717, 1.165) is 15.2 Å². The number of hydrogen-bond donors (Lipinski definition) is 1. The molecule has 1 N–H and O–H groups in total. The number of furan rings is 1. The van der Waals surface area contributed by atoms with E-state index in [1.165, 1.54) is 0 Å². The summed E-state index contributed by atoms with van der Waals surface area (Å²) in [4.78, 5) is 16.2. The van der Waals surface area contributed by atoms with Crippen molar-refractivity contribution in [1.29, 1.82) is 0 Å². The molecule has 0 atom stereocenters. The third kappa shape index (κ3) is 2.14. The summed E-state index contributed by atoms with van der Waals surface area (Å²) >= 11 is 1.58. The summed E-state index contributed by atoms with van der Waals surface area (Å²) in [5, 5.41) is 4.71. The standard InChI is InChI=1S/C16H11N3O2S/c1-9-11(15(20)19-18-9)8-10-6-7-13(21-10)16-17-12-4-2-3-5-14(12)22-16/h2-8H,1H3,(H,19,20). The van der Waals surface area contributed by atoms with Gasteiger partial charge >= 0.3 is 0 Å². The van der Waals surface area contributed by atoms with Crippen molar-refractivity contribution in [2.75, 3.05) is 0 Å². The average Bonchev–Trinajstić information content (AvgIpc) is 3.21. The van der Waals surface area contributed by atoms with Crippen LogP contribution in [0, 0.1) is 0 Å². The van der Waals surface area contributed by atoms with Crippen LogP contribution in [-0.4, -0.2) is 16.6 Å². The maximum Gasteiger partial charge on any atom is 0.273 e. The lowest BCUT2D eigenvalue weighted by Crippen LogP contribution is -2.12. The summed E-state index contributed by atoms with van der Waals surface area (Å²) in [7, 11) is 0. The number of hydrogen-bond acceptors (Lipinski definition) is 5. The summed E-state index contributed by atoms with van der Waals surface area (Å²) in [6.07, 6.45) is 1.69. The smallest absolute Gasteiger partial charge is 0.273 e. The van der Waals surface area contributed by atoms with E-state index in [-0.39, 0.29) is 5.91 Å². The molecule has 6 heteroatoms. The van der Waals surface area contributed by atoms with Crippen LogP contribution in [-0.2, 0) is 4.79 Å². The van der Waals surface area contributed by atoms with E-state index in [1.54, 1.807) is 24.3 Å². The van der Waals surface area contributed by atoms with E-state index in [4.69, 9.17) is 4.42 Å². The number of para-hydroxylation sites is 1. The molecule has 0 spiro atoms. The Bertz CT molecular complexity index is 916. The summed E-state index contributed by atoms with van der Waals surface area (Å²) < 4.78 is 6.91. The van der Waals surface area contributed by atoms with Crippen molar-refractivity contribution >= 4 is 39.2 Å². The summed E-state index contributed by atoms with van der Waals surface area (Å²) in [6, 6.07) is 11.7. The molecule has 2 aromatic heterocycles. The van der Waals surface area contributed by atoms with Gasteiger partial charge in [-0.2, -0.15) is 5.10 Å². The Labute approximate surface area is 130 Å². The van der Waals surface area contributed by atoms with Crippen LogP contribution in [0.25, 0.3) is 27.1 Å². The van der Waals surface area contributed by atoms with Crippen molar-refractivity contribution in [2.45, 2.75) is 6.92 Å². The molecular weight excluding hydrogens is 298 g/mol. The van der Waals surface area contributed by atoms with Gasteiger partial charge in [0.25, 0.3) is 5.91 Å². The fourth-order valence-electron chi connectivity index (χ4n) is 2.25. The first-order valence-electron chi connectivity index (χ1n) is 6.73. The van der Waals surface area contributed by atoms with Gasteiger partial charge in [0.2, 0.25) is 0 Å². The number of fused-ring (bicyclic) bond motifs is 1. The number of carbonyl (C=O) groups excluding carboxylic acids is 1. The highest BCUT2D eigenvalue weighted by molar-refractivity contribution is 7.21. The minimum atomic E-state index is -0.213. The molecule has 1 aliphatic rings. The van der Waals surface area contributed by atoms with Crippen molar-refractivity contribution in [1.82, 2.24) is 10.4 Å². The number of aromatic nitrogens is 1. The van der Waals surface area contributed by atoms with Crippen LogP contribution in [0.3, 0.4) is 0 Å². The van der Waals surface area contributed by atoms with E-state index in [1.807, 2.05) is 36.4 Å². The molecule has 0 radical (unpaired) electrons. The van der Waals surface area contributed by atoms with Gasteiger partial charge in [0.05, 0.1) is 21.5 Å². The van der Waals surface area contributed by atoms with Crippen LogP contribution in [0.4, 0.5) is 0 Å². The van der Waals surface area contributed by atoms with Crippen LogP contribution < -0.4 is 5.43 Å². The Morgan fingerprint density at radius 2 is 2.09 bits per heavy atom. The minimum Gasteiger partial charge on any atom is -0.454 e. The molecule has 1 aliphatic heterocycles. The summed E-state index contributed by atoms with van der Waals surface area (Å²) in [5.74, 6) is 1.09. The third-order valence-corrected chi connectivity index (χ3v) is 4.43. The number of rotatable bonds is 2. The van der Waals surface area contributed by atoms with Gasteiger partial charge in [0, 0.05) is 0 Å². The zero-order valence-corrected chi connectivity index (χ0v) is 12.5. The van der Waals surface area contributed by atoms with Crippen LogP contribution in [0.1, 0.15) is 12.7 Å². The lowest BCUT2D eigenvalue weighted by molar-refractivity contribution is -0.116. The maximum absolute atomic E-state index is 11.6. The van der Waals surface area contributed by atoms with Crippen LogP contribution in [0.15, 0.2) is 51.5 Å². The monoisotopic (exact) mass is 309 g/mol. The maximum atomic E-state index is 11.6. The number of amides is 1. The second-order valence-electron chi connectivity index (χ2n) is 4.88. The van der Waals surface area contributed by atoms with E-state index >= 15 is 0 Å². The molecule has 22 heavy (non-hydrogen) atoms. The van der Waals surface area contributed by atoms with Crippen LogP contribution in [0.5, 0.6) is 0 Å². The van der Waals surface area contributed by atoms with Crippen molar-refractivity contribution in [2.24, 2.45) is 5.10 Å². The van der Waals surface area contributed by atoms with Gasteiger partial charge in [-0.25, -0.2) is 10.4 Å². The molecule has 0 saturated carbocycles. The Hall–Kier alpha value is -2.73. The molecule has 0 fully saturated rings. The zero-order valence-electron chi connectivity index (χ0n) is 11.7. The van der Waals surface area contributed by atoms with Crippen molar-refractivity contribution in [3.8, 4) is 10.8 Å². The molecule has 5 nitrogen and oxygen atoms in total. The Morgan fingerprint density at radius 1 is 1.23 bits per heavy atom. The van der Waals surface area contributed by atoms with Gasteiger partial charge in [-0.3, -0.25) is 4.79 Å². The number of carbonyl (C=O) groups is 1. The first-order chi connectivity index (χ1) is 10.7. The molecule has 3 aromatic rings. The van der Waals surface area contributed by atoms with Crippen LogP contribution >= 0.6 is 11.3 Å². The fraction of sp³-hybridized carbons (Fsp3) is 0.0625. The average molecular weight is 309 g/mol. The zero-order chi connectivity index (χ0) is 15.1. The van der Waals surface area contributed by atoms with Gasteiger partial charge < -0.3 is 4.42 Å². The lowest BCUT2D eigenvalue weighted by Gasteiger charge is -1.93. The van der Waals surface area contributed by atoms with E-state index < -0.39 is 0 Å². The molecule has 3 heterocycles. The summed E-state index contributed by atoms with van der Waals surface area (Å²) in [6.45, 7) is 1.78. The highest BCUT2D eigenvalue weighted by Gasteiger charge is 2.19. The molecule has 0 bridgehead atoms. The molecule has 0 unspecified atom stereocenters. The molecule has 108 valence electrons. The highest BCUT2D eigenvalue weighted by atomic mass is 32.1. The summed E-state index contributed by atoms with van der Waals surface area (Å²) in [5.41, 5.74) is 4.55. The highest BCUT2D eigenvalue weighted by Crippen LogP contribution is 2.31. The van der Waals surface area contributed by atoms with Gasteiger partial charge in [-0.15, -0.1) is 11.3 Å².